The van der Waals surface area contributed by atoms with Crippen molar-refractivity contribution in [3.8, 4) is 0 Å². The van der Waals surface area contributed by atoms with Gasteiger partial charge in [0.15, 0.2) is 5.82 Å². The van der Waals surface area contributed by atoms with E-state index in [1.165, 1.54) is 33.8 Å². The molecule has 0 radical (unpaired) electrons. The summed E-state index contributed by atoms with van der Waals surface area (Å²) in [4.78, 5) is 35.2. The van der Waals surface area contributed by atoms with Crippen LogP contribution in [-0.4, -0.2) is 36.4 Å². The van der Waals surface area contributed by atoms with Crippen molar-refractivity contribution in [1.29, 1.82) is 0 Å². The van der Waals surface area contributed by atoms with E-state index in [9.17, 15) is 9.59 Å². The molecule has 0 aliphatic carbocycles. The van der Waals surface area contributed by atoms with Crippen LogP contribution < -0.4 is 10.5 Å². The van der Waals surface area contributed by atoms with Crippen LogP contribution in [0.3, 0.4) is 0 Å². The number of fused-ring (bicyclic) bond motifs is 1. The number of carbonyl (C=O) groups is 1. The molecule has 2 N–H and O–H groups in total. The number of aryl methyl sites for hydroxylation is 1. The first kappa shape index (κ1) is 19.6. The molecule has 142 valence electrons. The number of aromatic nitrogens is 2. The van der Waals surface area contributed by atoms with E-state index in [-0.39, 0.29) is 5.56 Å². The van der Waals surface area contributed by atoms with E-state index in [2.05, 4.69) is 47.5 Å². The van der Waals surface area contributed by atoms with Crippen molar-refractivity contribution in [2.75, 3.05) is 20.4 Å². The minimum Gasteiger partial charge on any atom is -0.465 e. The predicted molar refractivity (Wildman–Crippen MR) is 109 cm³/mol. The van der Waals surface area contributed by atoms with Gasteiger partial charge in [-0.1, -0.05) is 12.1 Å². The van der Waals surface area contributed by atoms with Gasteiger partial charge in [-0.05, 0) is 30.9 Å². The molecule has 3 aromatic rings. The lowest BCUT2D eigenvalue weighted by Crippen LogP contribution is -3.06. The van der Waals surface area contributed by atoms with Crippen LogP contribution in [0.2, 0.25) is 0 Å². The van der Waals surface area contributed by atoms with Crippen molar-refractivity contribution >= 4 is 39.3 Å². The number of aromatic amines is 1. The van der Waals surface area contributed by atoms with E-state index in [4.69, 9.17) is 4.74 Å². The van der Waals surface area contributed by atoms with Crippen molar-refractivity contribution in [2.45, 2.75) is 24.9 Å². The molecule has 1 unspecified atom stereocenters. The van der Waals surface area contributed by atoms with Gasteiger partial charge in [0.2, 0.25) is 0 Å². The molecule has 0 aliphatic heterocycles. The summed E-state index contributed by atoms with van der Waals surface area (Å²) in [5.74, 6) is 0.177. The van der Waals surface area contributed by atoms with Crippen LogP contribution in [0.25, 0.3) is 10.2 Å². The van der Waals surface area contributed by atoms with Gasteiger partial charge in [-0.25, -0.2) is 9.78 Å². The summed E-state index contributed by atoms with van der Waals surface area (Å²) in [6.07, 6.45) is 2.06. The molecule has 0 bridgehead atoms. The third-order valence-electron chi connectivity index (χ3n) is 4.35. The number of nitrogens with zero attached hydrogens (tertiary/aromatic N) is 1. The number of thiophene rings is 1. The summed E-state index contributed by atoms with van der Waals surface area (Å²) in [6.45, 7) is 3.16. The Labute approximate surface area is 165 Å². The zero-order valence-electron chi connectivity index (χ0n) is 15.7. The smallest absolute Gasteiger partial charge is 0.348 e. The average Bonchev–Trinajstić information content (AvgIpc) is 2.98. The molecule has 0 fully saturated rings. The van der Waals surface area contributed by atoms with Crippen LogP contribution in [0.1, 0.15) is 26.6 Å². The molecule has 3 rings (SSSR count). The monoisotopic (exact) mass is 404 g/mol. The first-order valence-corrected chi connectivity index (χ1v) is 10.5. The van der Waals surface area contributed by atoms with Gasteiger partial charge in [0.25, 0.3) is 5.56 Å². The molecular weight excluding hydrogens is 382 g/mol. The summed E-state index contributed by atoms with van der Waals surface area (Å²) in [6, 6.07) is 8.48. The zero-order valence-corrected chi connectivity index (χ0v) is 17.3. The van der Waals surface area contributed by atoms with Gasteiger partial charge < -0.3 is 14.6 Å². The van der Waals surface area contributed by atoms with Crippen molar-refractivity contribution in [2.24, 2.45) is 0 Å². The average molecular weight is 405 g/mol. The fourth-order valence-corrected chi connectivity index (χ4v) is 4.53. The van der Waals surface area contributed by atoms with Crippen LogP contribution >= 0.6 is 23.1 Å². The number of H-pyrrole nitrogens is 1. The van der Waals surface area contributed by atoms with E-state index in [1.807, 2.05) is 0 Å². The Bertz CT molecular complexity index is 1030. The molecule has 27 heavy (non-hydrogen) atoms. The number of methoxy groups -OCH3 is 1. The maximum absolute atomic E-state index is 12.5. The molecule has 6 nitrogen and oxygen atoms in total. The van der Waals surface area contributed by atoms with Crippen LogP contribution in [0.5, 0.6) is 0 Å². The molecule has 2 aromatic heterocycles. The third-order valence-corrected chi connectivity index (χ3v) is 6.26. The van der Waals surface area contributed by atoms with Gasteiger partial charge in [0.1, 0.15) is 22.8 Å². The Balaban J connectivity index is 1.82. The first-order valence-electron chi connectivity index (χ1n) is 8.47. The molecule has 8 heteroatoms. The minimum absolute atomic E-state index is 0.212. The number of quaternary nitrogens is 1. The Morgan fingerprint density at radius 3 is 2.63 bits per heavy atom. The Kier molecular flexibility index (Phi) is 5.98. The molecule has 0 saturated carbocycles. The number of hydrogen-bond donors (Lipinski definition) is 2. The molecular formula is C19H22N3O3S2+. The van der Waals surface area contributed by atoms with E-state index in [0.29, 0.717) is 33.0 Å². The summed E-state index contributed by atoms with van der Waals surface area (Å²) in [7, 11) is 3.39. The molecule has 1 atom stereocenters. The van der Waals surface area contributed by atoms with Crippen LogP contribution in [-0.2, 0) is 17.8 Å². The van der Waals surface area contributed by atoms with Crippen molar-refractivity contribution in [1.82, 2.24) is 9.97 Å². The number of esters is 1. The number of benzene rings is 1. The molecule has 0 amide bonds. The Morgan fingerprint density at radius 1 is 1.30 bits per heavy atom. The highest BCUT2D eigenvalue weighted by Crippen LogP contribution is 2.27. The van der Waals surface area contributed by atoms with Gasteiger partial charge in [0, 0.05) is 10.5 Å². The number of thioether (sulfide) groups is 1. The quantitative estimate of drug-likeness (QED) is 0.486. The third kappa shape index (κ3) is 4.23. The number of hydrogen-bond acceptors (Lipinski definition) is 6. The number of nitrogens with one attached hydrogen (secondary N) is 2. The number of ether oxygens (including phenoxy) is 1. The van der Waals surface area contributed by atoms with Gasteiger partial charge in [-0.3, -0.25) is 4.79 Å². The Hall–Kier alpha value is -2.16. The van der Waals surface area contributed by atoms with Crippen molar-refractivity contribution in [3.05, 3.63) is 56.4 Å². The summed E-state index contributed by atoms with van der Waals surface area (Å²) in [5.41, 5.74) is 1.64. The highest BCUT2D eigenvalue weighted by Gasteiger charge is 2.20. The largest absolute Gasteiger partial charge is 0.465 e. The second kappa shape index (κ2) is 8.24. The maximum atomic E-state index is 12.5. The molecule has 0 saturated heterocycles. The SMILES string of the molecule is COC(=O)c1sc2nc(C[NH+](C)Cc3ccc(SC)cc3)[nH]c(=O)c2c1C. The summed E-state index contributed by atoms with van der Waals surface area (Å²) < 4.78 is 4.79. The topological polar surface area (TPSA) is 76.5 Å². The fraction of sp³-hybridized carbons (Fsp3) is 0.316. The molecule has 0 spiro atoms. The fourth-order valence-electron chi connectivity index (χ4n) is 3.00. The molecule has 1 aromatic carbocycles. The lowest BCUT2D eigenvalue weighted by Gasteiger charge is -2.13. The molecule has 0 aliphatic rings. The van der Waals surface area contributed by atoms with Gasteiger partial charge in [-0.15, -0.1) is 23.1 Å². The number of rotatable bonds is 6. The zero-order chi connectivity index (χ0) is 19.6. The number of carbonyl (C=O) groups excluding carboxylic acids is 1. The highest BCUT2D eigenvalue weighted by molar-refractivity contribution is 7.98. The summed E-state index contributed by atoms with van der Waals surface area (Å²) in [5, 5.41) is 0.467. The lowest BCUT2D eigenvalue weighted by molar-refractivity contribution is -0.908. The van der Waals surface area contributed by atoms with Crippen LogP contribution in [0.4, 0.5) is 0 Å². The van der Waals surface area contributed by atoms with Crippen molar-refractivity contribution < 1.29 is 14.4 Å². The van der Waals surface area contributed by atoms with Crippen LogP contribution in [0.15, 0.2) is 34.0 Å². The normalized spacial score (nSPS) is 12.3. The Morgan fingerprint density at radius 2 is 2.00 bits per heavy atom. The lowest BCUT2D eigenvalue weighted by atomic mass is 10.2. The van der Waals surface area contributed by atoms with Gasteiger partial charge in [0.05, 0.1) is 19.5 Å². The minimum atomic E-state index is -0.437. The second-order valence-electron chi connectivity index (χ2n) is 6.40. The van der Waals surface area contributed by atoms with Crippen molar-refractivity contribution in [3.63, 3.8) is 0 Å². The standard InChI is InChI=1S/C19H21N3O3S2/c1-11-15-17(23)20-14(21-18(15)27-16(11)19(24)25-3)10-22(2)9-12-5-7-13(26-4)8-6-12/h5-8H,9-10H2,1-4H3,(H,20,21,23)/p+1. The van der Waals surface area contributed by atoms with E-state index < -0.39 is 5.97 Å². The predicted octanol–water partition coefficient (Wildman–Crippen LogP) is 2.02. The summed E-state index contributed by atoms with van der Waals surface area (Å²) >= 11 is 2.92. The van der Waals surface area contributed by atoms with E-state index in [1.54, 1.807) is 18.7 Å². The first-order chi connectivity index (χ1) is 12.9. The van der Waals surface area contributed by atoms with Gasteiger partial charge in [-0.2, -0.15) is 0 Å². The van der Waals surface area contributed by atoms with Gasteiger partial charge >= 0.3 is 5.97 Å². The highest BCUT2D eigenvalue weighted by atomic mass is 32.2. The van der Waals surface area contributed by atoms with E-state index in [0.717, 1.165) is 6.54 Å². The van der Waals surface area contributed by atoms with E-state index >= 15 is 0 Å². The van der Waals surface area contributed by atoms with Crippen LogP contribution in [0, 0.1) is 6.92 Å². The maximum Gasteiger partial charge on any atom is 0.348 e. The molecule has 2 heterocycles. The second-order valence-corrected chi connectivity index (χ2v) is 8.28.